The number of rotatable bonds is 4. The second-order valence-electron chi connectivity index (χ2n) is 5.35. The van der Waals surface area contributed by atoms with Crippen LogP contribution < -0.4 is 5.32 Å². The lowest BCUT2D eigenvalue weighted by molar-refractivity contribution is 0.345. The molecule has 0 bridgehead atoms. The fourth-order valence-electron chi connectivity index (χ4n) is 2.83. The highest BCUT2D eigenvalue weighted by Gasteiger charge is 2.13. The third-order valence-electron chi connectivity index (χ3n) is 3.90. The Labute approximate surface area is 123 Å². The summed E-state index contributed by atoms with van der Waals surface area (Å²) in [6, 6.07) is 5.87. The third-order valence-corrected chi connectivity index (χ3v) is 5.12. The van der Waals surface area contributed by atoms with Gasteiger partial charge in [0.15, 0.2) is 5.13 Å². The Kier molecular flexibility index (Phi) is 4.24. The van der Waals surface area contributed by atoms with Crippen molar-refractivity contribution in [3.8, 4) is 0 Å². The molecule has 1 aliphatic rings. The largest absolute Gasteiger partial charge is 0.361 e. The van der Waals surface area contributed by atoms with Gasteiger partial charge in [-0.3, -0.25) is 0 Å². The molecule has 1 N–H and O–H groups in total. The molecular weight excluding hydrogens is 276 g/mol. The Bertz CT molecular complexity index is 546. The predicted octanol–water partition coefficient (Wildman–Crippen LogP) is 5.33. The number of hydrogen-bond acceptors (Lipinski definition) is 3. The molecule has 2 nitrogen and oxygen atoms in total. The van der Waals surface area contributed by atoms with Gasteiger partial charge in [-0.25, -0.2) is 4.98 Å². The minimum atomic E-state index is 0.782. The van der Waals surface area contributed by atoms with Crippen molar-refractivity contribution in [2.45, 2.75) is 38.5 Å². The van der Waals surface area contributed by atoms with Gasteiger partial charge in [-0.15, -0.1) is 0 Å². The highest BCUT2D eigenvalue weighted by molar-refractivity contribution is 7.22. The van der Waals surface area contributed by atoms with E-state index in [2.05, 4.69) is 10.3 Å². The maximum absolute atomic E-state index is 5.99. The number of anilines is 1. The van der Waals surface area contributed by atoms with Gasteiger partial charge < -0.3 is 5.32 Å². The first-order valence-electron chi connectivity index (χ1n) is 7.11. The van der Waals surface area contributed by atoms with Crippen LogP contribution in [0.25, 0.3) is 10.2 Å². The van der Waals surface area contributed by atoms with Gasteiger partial charge >= 0.3 is 0 Å². The van der Waals surface area contributed by atoms with E-state index in [4.69, 9.17) is 11.6 Å². The van der Waals surface area contributed by atoms with Crippen LogP contribution in [0, 0.1) is 5.92 Å². The number of nitrogens with zero attached hydrogens (tertiary/aromatic N) is 1. The Hall–Kier alpha value is -0.800. The summed E-state index contributed by atoms with van der Waals surface area (Å²) >= 11 is 7.68. The van der Waals surface area contributed by atoms with Crippen molar-refractivity contribution in [1.82, 2.24) is 4.98 Å². The second kappa shape index (κ2) is 6.10. The number of halogens is 1. The van der Waals surface area contributed by atoms with Gasteiger partial charge in [0.2, 0.25) is 0 Å². The zero-order chi connectivity index (χ0) is 13.1. The van der Waals surface area contributed by atoms with E-state index in [9.17, 15) is 0 Å². The zero-order valence-electron chi connectivity index (χ0n) is 11.0. The average molecular weight is 295 g/mol. The van der Waals surface area contributed by atoms with Gasteiger partial charge in [-0.1, -0.05) is 55.0 Å². The van der Waals surface area contributed by atoms with E-state index in [1.54, 1.807) is 11.3 Å². The molecule has 1 aromatic carbocycles. The molecule has 3 rings (SSSR count). The van der Waals surface area contributed by atoms with Crippen LogP contribution in [0.5, 0.6) is 0 Å². The van der Waals surface area contributed by atoms with E-state index in [-0.39, 0.29) is 0 Å². The van der Waals surface area contributed by atoms with Crippen LogP contribution in [0.1, 0.15) is 38.5 Å². The van der Waals surface area contributed by atoms with Gasteiger partial charge in [0.1, 0.15) is 0 Å². The normalized spacial score (nSPS) is 16.9. The molecule has 0 spiro atoms. The molecule has 0 radical (unpaired) electrons. The topological polar surface area (TPSA) is 24.9 Å². The van der Waals surface area contributed by atoms with Crippen molar-refractivity contribution in [2.75, 3.05) is 11.9 Å². The van der Waals surface area contributed by atoms with Gasteiger partial charge in [-0.05, 0) is 30.5 Å². The summed E-state index contributed by atoms with van der Waals surface area (Å²) in [5, 5.41) is 5.27. The van der Waals surface area contributed by atoms with Crippen molar-refractivity contribution in [3.05, 3.63) is 23.2 Å². The lowest BCUT2D eigenvalue weighted by atomic mass is 9.87. The summed E-state index contributed by atoms with van der Waals surface area (Å²) in [5.41, 5.74) is 1.04. The molecule has 0 saturated heterocycles. The van der Waals surface area contributed by atoms with E-state index >= 15 is 0 Å². The van der Waals surface area contributed by atoms with Crippen molar-refractivity contribution >= 4 is 38.3 Å². The number of thiazole rings is 1. The lowest BCUT2D eigenvalue weighted by Crippen LogP contribution is -2.11. The van der Waals surface area contributed by atoms with Crippen LogP contribution in [-0.4, -0.2) is 11.5 Å². The number of benzene rings is 1. The second-order valence-corrected chi connectivity index (χ2v) is 6.82. The summed E-state index contributed by atoms with van der Waals surface area (Å²) < 4.78 is 1.16. The molecule has 2 aromatic rings. The number of fused-ring (bicyclic) bond motifs is 1. The minimum absolute atomic E-state index is 0.782. The summed E-state index contributed by atoms with van der Waals surface area (Å²) in [7, 11) is 0. The minimum Gasteiger partial charge on any atom is -0.361 e. The molecule has 0 unspecified atom stereocenters. The molecule has 0 aliphatic heterocycles. The lowest BCUT2D eigenvalue weighted by Gasteiger charge is -2.21. The number of nitrogens with one attached hydrogen (secondary N) is 1. The van der Waals surface area contributed by atoms with Crippen molar-refractivity contribution in [1.29, 1.82) is 0 Å². The highest BCUT2D eigenvalue weighted by Crippen LogP contribution is 2.29. The van der Waals surface area contributed by atoms with Crippen molar-refractivity contribution in [3.63, 3.8) is 0 Å². The monoisotopic (exact) mass is 294 g/mol. The molecule has 0 amide bonds. The van der Waals surface area contributed by atoms with E-state index in [0.717, 1.165) is 32.8 Å². The van der Waals surface area contributed by atoms with Crippen LogP contribution in [0.3, 0.4) is 0 Å². The quantitative estimate of drug-likeness (QED) is 0.824. The number of hydrogen-bond donors (Lipinski definition) is 1. The summed E-state index contributed by atoms with van der Waals surface area (Å²) in [5.74, 6) is 0.921. The van der Waals surface area contributed by atoms with E-state index < -0.39 is 0 Å². The smallest absolute Gasteiger partial charge is 0.183 e. The first-order valence-corrected chi connectivity index (χ1v) is 8.31. The molecule has 4 heteroatoms. The van der Waals surface area contributed by atoms with Crippen LogP contribution in [-0.2, 0) is 0 Å². The average Bonchev–Trinajstić information content (AvgIpc) is 2.82. The summed E-state index contributed by atoms with van der Waals surface area (Å²) in [6.45, 7) is 1.04. The standard InChI is InChI=1S/C15H19ClN2S/c16-12-6-7-13-14(10-12)19-15(18-13)17-9-8-11-4-2-1-3-5-11/h6-7,10-11H,1-5,8-9H2,(H,17,18). The fourth-order valence-corrected chi connectivity index (χ4v) is 4.00. The van der Waals surface area contributed by atoms with Gasteiger partial charge in [0.25, 0.3) is 0 Å². The van der Waals surface area contributed by atoms with Crippen LogP contribution in [0.15, 0.2) is 18.2 Å². The molecule has 102 valence electrons. The Morgan fingerprint density at radius 1 is 1.26 bits per heavy atom. The van der Waals surface area contributed by atoms with E-state index in [1.807, 2.05) is 18.2 Å². The molecule has 1 saturated carbocycles. The van der Waals surface area contributed by atoms with Crippen molar-refractivity contribution in [2.24, 2.45) is 5.92 Å². The predicted molar refractivity (Wildman–Crippen MR) is 84.3 cm³/mol. The fraction of sp³-hybridized carbons (Fsp3) is 0.533. The van der Waals surface area contributed by atoms with Crippen LogP contribution in [0.4, 0.5) is 5.13 Å². The first-order chi connectivity index (χ1) is 9.31. The summed E-state index contributed by atoms with van der Waals surface area (Å²) in [6.07, 6.45) is 8.38. The molecule has 1 aliphatic carbocycles. The Morgan fingerprint density at radius 3 is 2.95 bits per heavy atom. The molecule has 1 heterocycles. The molecule has 0 atom stereocenters. The van der Waals surface area contributed by atoms with E-state index in [1.165, 1.54) is 38.5 Å². The molecule has 1 aromatic heterocycles. The first kappa shape index (κ1) is 13.2. The molecule has 19 heavy (non-hydrogen) atoms. The third kappa shape index (κ3) is 3.40. The Balaban J connectivity index is 1.56. The highest BCUT2D eigenvalue weighted by atomic mass is 35.5. The van der Waals surface area contributed by atoms with Gasteiger partial charge in [0.05, 0.1) is 10.2 Å². The van der Waals surface area contributed by atoms with Crippen LogP contribution in [0.2, 0.25) is 5.02 Å². The summed E-state index contributed by atoms with van der Waals surface area (Å²) in [4.78, 5) is 4.59. The zero-order valence-corrected chi connectivity index (χ0v) is 12.6. The molecular formula is C15H19ClN2S. The van der Waals surface area contributed by atoms with E-state index in [0.29, 0.717) is 0 Å². The van der Waals surface area contributed by atoms with Gasteiger partial charge in [0, 0.05) is 11.6 Å². The maximum Gasteiger partial charge on any atom is 0.183 e. The van der Waals surface area contributed by atoms with Gasteiger partial charge in [-0.2, -0.15) is 0 Å². The van der Waals surface area contributed by atoms with Crippen molar-refractivity contribution < 1.29 is 0 Å². The van der Waals surface area contributed by atoms with Crippen LogP contribution >= 0.6 is 22.9 Å². The number of aromatic nitrogens is 1. The Morgan fingerprint density at radius 2 is 2.11 bits per heavy atom. The maximum atomic E-state index is 5.99. The SMILES string of the molecule is Clc1ccc2nc(NCCC3CCCCC3)sc2c1. The molecule has 1 fully saturated rings.